The molecule has 1 saturated carbocycles. The molecule has 4 heterocycles. The van der Waals surface area contributed by atoms with Gasteiger partial charge in [-0.2, -0.15) is 5.10 Å². The summed E-state index contributed by atoms with van der Waals surface area (Å²) in [6, 6.07) is 3.56. The molecule has 1 fully saturated rings. The molecule has 1 atom stereocenters. The van der Waals surface area contributed by atoms with Gasteiger partial charge < -0.3 is 15.5 Å². The van der Waals surface area contributed by atoms with Crippen molar-refractivity contribution >= 4 is 34.1 Å². The molecule has 0 bridgehead atoms. The minimum Gasteiger partial charge on any atom is -0.421 e. The van der Waals surface area contributed by atoms with E-state index < -0.39 is 17.4 Å². The van der Waals surface area contributed by atoms with Crippen LogP contribution in [0.15, 0.2) is 39.9 Å². The van der Waals surface area contributed by atoms with Gasteiger partial charge in [-0.3, -0.25) is 9.89 Å². The summed E-state index contributed by atoms with van der Waals surface area (Å²) in [5, 5.41) is 18.1. The number of nitrogens with one attached hydrogen (secondary N) is 2. The van der Waals surface area contributed by atoms with Gasteiger partial charge in [-0.05, 0) is 30.9 Å². The molecule has 5 aromatic rings. The zero-order valence-electron chi connectivity index (χ0n) is 18.7. The molecule has 1 aliphatic carbocycles. The third-order valence-corrected chi connectivity index (χ3v) is 6.27. The second-order valence-electron chi connectivity index (χ2n) is 8.37. The lowest BCUT2D eigenvalue weighted by Crippen LogP contribution is -2.30. The van der Waals surface area contributed by atoms with E-state index >= 15 is 0 Å². The number of benzene rings is 1. The Morgan fingerprint density at radius 1 is 1.28 bits per heavy atom. The number of anilines is 2. The van der Waals surface area contributed by atoms with Gasteiger partial charge in [0.05, 0.1) is 22.6 Å². The number of aromatic nitrogens is 8. The van der Waals surface area contributed by atoms with Crippen LogP contribution in [0.1, 0.15) is 30.6 Å². The van der Waals surface area contributed by atoms with Crippen LogP contribution in [0.2, 0.25) is 5.02 Å². The molecule has 0 aliphatic heterocycles. The normalized spacial score (nSPS) is 14.3. The first-order valence-electron chi connectivity index (χ1n) is 11.0. The van der Waals surface area contributed by atoms with Gasteiger partial charge in [0.15, 0.2) is 0 Å². The van der Waals surface area contributed by atoms with E-state index in [-0.39, 0.29) is 39.4 Å². The number of aryl methyl sites for hydroxylation is 1. The summed E-state index contributed by atoms with van der Waals surface area (Å²) in [6.07, 6.45) is 4.50. The lowest BCUT2D eigenvalue weighted by molar-refractivity contribution is 0.532. The molecule has 182 valence electrons. The standard InChI is InChI=1S/C22H18ClFN10O2/c1-9-31-33-21(36-9)15-18(25)26-8-27-19(15)29-16(10-2-3-10)20-30-17-12(24)5-4-11(23)14(17)22(35)34(20)13-6-7-28-32-13/h4-8,10,16H,2-3H2,1H3,(H,28,32)(H3,25,26,27,29)/t16-/m0/s1. The maximum Gasteiger partial charge on any atom is 0.268 e. The molecule has 4 aromatic heterocycles. The number of nitrogens with zero attached hydrogens (tertiary/aromatic N) is 7. The zero-order chi connectivity index (χ0) is 25.0. The highest BCUT2D eigenvalue weighted by Crippen LogP contribution is 2.44. The first-order valence-corrected chi connectivity index (χ1v) is 11.4. The Balaban J connectivity index is 1.57. The van der Waals surface area contributed by atoms with E-state index in [1.54, 1.807) is 13.0 Å². The largest absolute Gasteiger partial charge is 0.421 e. The van der Waals surface area contributed by atoms with E-state index in [2.05, 4.69) is 40.7 Å². The second kappa shape index (κ2) is 8.37. The molecule has 0 saturated heterocycles. The third-order valence-electron chi connectivity index (χ3n) is 5.96. The van der Waals surface area contributed by atoms with Crippen LogP contribution in [0.3, 0.4) is 0 Å². The van der Waals surface area contributed by atoms with Gasteiger partial charge in [0.25, 0.3) is 11.4 Å². The molecular formula is C22H18ClFN10O2. The zero-order valence-corrected chi connectivity index (χ0v) is 19.5. The van der Waals surface area contributed by atoms with Crippen molar-refractivity contribution in [1.29, 1.82) is 0 Å². The van der Waals surface area contributed by atoms with Crippen molar-refractivity contribution in [3.8, 4) is 17.3 Å². The minimum absolute atomic E-state index is 0.0298. The van der Waals surface area contributed by atoms with Crippen molar-refractivity contribution < 1.29 is 8.81 Å². The Kier molecular flexibility index (Phi) is 5.14. The Labute approximate surface area is 206 Å². The second-order valence-corrected chi connectivity index (χ2v) is 8.78. The molecular weight excluding hydrogens is 491 g/mol. The Morgan fingerprint density at radius 2 is 2.11 bits per heavy atom. The summed E-state index contributed by atoms with van der Waals surface area (Å²) in [7, 11) is 0. The number of rotatable bonds is 6. The Hall–Kier alpha value is -4.39. The fourth-order valence-corrected chi connectivity index (χ4v) is 4.37. The Morgan fingerprint density at radius 3 is 2.81 bits per heavy atom. The smallest absolute Gasteiger partial charge is 0.268 e. The van der Waals surface area contributed by atoms with Crippen LogP contribution < -0.4 is 16.6 Å². The lowest BCUT2D eigenvalue weighted by atomic mass is 10.1. The van der Waals surface area contributed by atoms with Crippen LogP contribution in [-0.4, -0.2) is 39.9 Å². The van der Waals surface area contributed by atoms with Gasteiger partial charge in [0.2, 0.25) is 5.89 Å². The molecule has 12 nitrogen and oxygen atoms in total. The Bertz CT molecular complexity index is 1660. The van der Waals surface area contributed by atoms with Crippen LogP contribution >= 0.6 is 11.6 Å². The highest BCUT2D eigenvalue weighted by Gasteiger charge is 2.38. The summed E-state index contributed by atoms with van der Waals surface area (Å²) < 4.78 is 21.8. The number of aromatic amines is 1. The number of H-pyrrole nitrogens is 1. The van der Waals surface area contributed by atoms with E-state index in [0.717, 1.165) is 12.8 Å². The van der Waals surface area contributed by atoms with E-state index in [0.29, 0.717) is 23.1 Å². The van der Waals surface area contributed by atoms with Gasteiger partial charge in [0.1, 0.15) is 46.5 Å². The summed E-state index contributed by atoms with van der Waals surface area (Å²) in [6.45, 7) is 1.65. The SMILES string of the molecule is Cc1nnc(-c2c(N)ncnc2N[C@H](c2nc3c(F)ccc(Cl)c3c(=O)n2-c2ccn[nH]2)C2CC2)o1. The number of hydrogen-bond donors (Lipinski definition) is 3. The van der Waals surface area contributed by atoms with Crippen molar-refractivity contribution in [2.75, 3.05) is 11.1 Å². The highest BCUT2D eigenvalue weighted by molar-refractivity contribution is 6.35. The predicted molar refractivity (Wildman–Crippen MR) is 128 cm³/mol. The topological polar surface area (TPSA) is 166 Å². The molecule has 4 N–H and O–H groups in total. The highest BCUT2D eigenvalue weighted by atomic mass is 35.5. The molecule has 6 rings (SSSR count). The average Bonchev–Trinajstić information content (AvgIpc) is 3.37. The van der Waals surface area contributed by atoms with Crippen molar-refractivity contribution in [1.82, 2.24) is 39.9 Å². The van der Waals surface area contributed by atoms with E-state index in [1.165, 1.54) is 29.2 Å². The van der Waals surface area contributed by atoms with Crippen LogP contribution in [0.25, 0.3) is 28.2 Å². The predicted octanol–water partition coefficient (Wildman–Crippen LogP) is 3.20. The van der Waals surface area contributed by atoms with Crippen molar-refractivity contribution in [2.45, 2.75) is 25.8 Å². The number of hydrogen-bond acceptors (Lipinski definition) is 10. The molecule has 1 aliphatic rings. The number of fused-ring (bicyclic) bond motifs is 1. The fourth-order valence-electron chi connectivity index (χ4n) is 4.14. The molecule has 0 radical (unpaired) electrons. The molecule has 14 heteroatoms. The molecule has 36 heavy (non-hydrogen) atoms. The molecule has 0 amide bonds. The first-order chi connectivity index (χ1) is 17.4. The van der Waals surface area contributed by atoms with E-state index in [1.807, 2.05) is 0 Å². The van der Waals surface area contributed by atoms with Crippen LogP contribution in [0.4, 0.5) is 16.0 Å². The number of nitrogens with two attached hydrogens (primary N) is 1. The van der Waals surface area contributed by atoms with Crippen molar-refractivity contribution in [2.24, 2.45) is 5.92 Å². The van der Waals surface area contributed by atoms with Crippen LogP contribution in [0, 0.1) is 18.7 Å². The molecule has 0 unspecified atom stereocenters. The molecule has 1 aromatic carbocycles. The minimum atomic E-state index is -0.660. The van der Waals surface area contributed by atoms with Gasteiger partial charge in [-0.1, -0.05) is 11.6 Å². The van der Waals surface area contributed by atoms with Gasteiger partial charge in [0, 0.05) is 13.0 Å². The van der Waals surface area contributed by atoms with Crippen LogP contribution in [-0.2, 0) is 0 Å². The summed E-state index contributed by atoms with van der Waals surface area (Å²) in [5.74, 6) is 0.928. The lowest BCUT2D eigenvalue weighted by Gasteiger charge is -2.23. The molecule has 0 spiro atoms. The number of nitrogen functional groups attached to an aromatic ring is 1. The van der Waals surface area contributed by atoms with E-state index in [4.69, 9.17) is 21.8 Å². The van der Waals surface area contributed by atoms with Crippen LogP contribution in [0.5, 0.6) is 0 Å². The summed E-state index contributed by atoms with van der Waals surface area (Å²) in [4.78, 5) is 26.7. The van der Waals surface area contributed by atoms with Crippen molar-refractivity contribution in [3.63, 3.8) is 0 Å². The van der Waals surface area contributed by atoms with Gasteiger partial charge >= 0.3 is 0 Å². The fraction of sp³-hybridized carbons (Fsp3) is 0.227. The monoisotopic (exact) mass is 508 g/mol. The summed E-state index contributed by atoms with van der Waals surface area (Å²) >= 11 is 6.30. The first kappa shape index (κ1) is 22.1. The maximum atomic E-state index is 14.9. The average molecular weight is 509 g/mol. The maximum absolute atomic E-state index is 14.9. The summed E-state index contributed by atoms with van der Waals surface area (Å²) in [5.41, 5.74) is 5.80. The van der Waals surface area contributed by atoms with E-state index in [9.17, 15) is 9.18 Å². The number of halogens is 2. The van der Waals surface area contributed by atoms with Gasteiger partial charge in [-0.15, -0.1) is 10.2 Å². The quantitative estimate of drug-likeness (QED) is 0.310. The van der Waals surface area contributed by atoms with Crippen molar-refractivity contribution in [3.05, 3.63) is 63.6 Å². The third kappa shape index (κ3) is 3.64. The van der Waals surface area contributed by atoms with Gasteiger partial charge in [-0.25, -0.2) is 23.9 Å².